The number of furan rings is 1. The van der Waals surface area contributed by atoms with Gasteiger partial charge in [0.1, 0.15) is 11.2 Å². The van der Waals surface area contributed by atoms with Gasteiger partial charge < -0.3 is 9.32 Å². The number of benzene rings is 8. The zero-order chi connectivity index (χ0) is 29.5. The normalized spacial score (nSPS) is 12.0. The molecular weight excluding hydrogens is 567 g/mol. The summed E-state index contributed by atoms with van der Waals surface area (Å²) >= 11 is 1.86. The van der Waals surface area contributed by atoms with Crippen LogP contribution in [-0.2, 0) is 0 Å². The van der Waals surface area contributed by atoms with E-state index in [0.717, 1.165) is 39.0 Å². The van der Waals surface area contributed by atoms with Gasteiger partial charge >= 0.3 is 0 Å². The van der Waals surface area contributed by atoms with E-state index in [1.165, 1.54) is 52.5 Å². The van der Waals surface area contributed by atoms with E-state index < -0.39 is 0 Å². The third-order valence-corrected chi connectivity index (χ3v) is 10.3. The fraction of sp³-hybridized carbons (Fsp3) is 0. The molecular formula is C42H25NOS. The molecule has 0 fully saturated rings. The fourth-order valence-electron chi connectivity index (χ4n) is 7.18. The molecule has 2 nitrogen and oxygen atoms in total. The van der Waals surface area contributed by atoms with Gasteiger partial charge in [-0.25, -0.2) is 0 Å². The second kappa shape index (κ2) is 9.43. The molecule has 10 rings (SSSR count). The molecule has 2 heterocycles. The standard InChI is InChI=1S/C42H25NOS/c1-2-10-30-26(9-1)17-18-27-23-37(31-11-3-4-14-35(31)42(27)30)43(28-20-22-39-36(24-28)32-12-5-7-15-38(32)44-39)29-19-21-34-33-13-6-8-16-40(33)45-41(34)25-29/h1-25H. The van der Waals surface area contributed by atoms with Gasteiger partial charge in [-0.15, -0.1) is 11.3 Å². The number of hydrogen-bond donors (Lipinski definition) is 0. The van der Waals surface area contributed by atoms with Gasteiger partial charge in [0.05, 0.1) is 5.69 Å². The Morgan fingerprint density at radius 3 is 1.96 bits per heavy atom. The third kappa shape index (κ3) is 3.68. The summed E-state index contributed by atoms with van der Waals surface area (Å²) < 4.78 is 8.83. The Hall–Kier alpha value is -5.64. The Kier molecular flexibility index (Phi) is 5.19. The Labute approximate surface area is 263 Å². The van der Waals surface area contributed by atoms with Crippen molar-refractivity contribution in [3.63, 3.8) is 0 Å². The van der Waals surface area contributed by atoms with E-state index in [2.05, 4.69) is 144 Å². The van der Waals surface area contributed by atoms with Crippen molar-refractivity contribution >= 4 is 103 Å². The molecule has 0 aliphatic rings. The van der Waals surface area contributed by atoms with E-state index in [1.807, 2.05) is 23.5 Å². The molecule has 0 atom stereocenters. The lowest BCUT2D eigenvalue weighted by atomic mass is 9.94. The van der Waals surface area contributed by atoms with Gasteiger partial charge in [-0.1, -0.05) is 103 Å². The molecule has 8 aromatic carbocycles. The lowest BCUT2D eigenvalue weighted by Crippen LogP contribution is -2.10. The van der Waals surface area contributed by atoms with Crippen LogP contribution >= 0.6 is 11.3 Å². The molecule has 0 unspecified atom stereocenters. The quantitative estimate of drug-likeness (QED) is 0.190. The molecule has 10 aromatic rings. The molecule has 0 amide bonds. The predicted octanol–water partition coefficient (Wildman–Crippen LogP) is 12.9. The van der Waals surface area contributed by atoms with Crippen LogP contribution in [-0.4, -0.2) is 0 Å². The number of hydrogen-bond acceptors (Lipinski definition) is 3. The van der Waals surface area contributed by atoms with E-state index >= 15 is 0 Å². The second-order valence-corrected chi connectivity index (χ2v) is 12.8. The van der Waals surface area contributed by atoms with Crippen molar-refractivity contribution in [3.05, 3.63) is 152 Å². The number of rotatable bonds is 3. The van der Waals surface area contributed by atoms with Crippen LogP contribution < -0.4 is 4.90 Å². The summed E-state index contributed by atoms with van der Waals surface area (Å²) in [4.78, 5) is 2.43. The minimum Gasteiger partial charge on any atom is -0.456 e. The van der Waals surface area contributed by atoms with Gasteiger partial charge in [0, 0.05) is 47.7 Å². The first-order chi connectivity index (χ1) is 22.3. The molecule has 3 heteroatoms. The van der Waals surface area contributed by atoms with Crippen molar-refractivity contribution < 1.29 is 4.42 Å². The van der Waals surface area contributed by atoms with Crippen LogP contribution in [0.15, 0.2) is 156 Å². The summed E-state index contributed by atoms with van der Waals surface area (Å²) in [6.45, 7) is 0. The maximum Gasteiger partial charge on any atom is 0.135 e. The van der Waals surface area contributed by atoms with Crippen molar-refractivity contribution in [1.82, 2.24) is 0 Å². The van der Waals surface area contributed by atoms with E-state index in [4.69, 9.17) is 4.42 Å². The highest BCUT2D eigenvalue weighted by Crippen LogP contribution is 2.46. The minimum absolute atomic E-state index is 0.898. The first kappa shape index (κ1) is 24.8. The fourth-order valence-corrected chi connectivity index (χ4v) is 8.32. The minimum atomic E-state index is 0.898. The maximum atomic E-state index is 6.24. The van der Waals surface area contributed by atoms with E-state index in [0.29, 0.717) is 0 Å². The van der Waals surface area contributed by atoms with Crippen LogP contribution in [0.25, 0.3) is 74.4 Å². The van der Waals surface area contributed by atoms with Crippen molar-refractivity contribution in [2.45, 2.75) is 0 Å². The van der Waals surface area contributed by atoms with E-state index in [9.17, 15) is 0 Å². The molecule has 0 saturated heterocycles. The van der Waals surface area contributed by atoms with E-state index in [1.54, 1.807) is 0 Å². The van der Waals surface area contributed by atoms with Gasteiger partial charge in [-0.3, -0.25) is 0 Å². The Balaban J connectivity index is 1.30. The van der Waals surface area contributed by atoms with Gasteiger partial charge in [-0.05, 0) is 75.5 Å². The lowest BCUT2D eigenvalue weighted by Gasteiger charge is -2.28. The zero-order valence-corrected chi connectivity index (χ0v) is 25.0. The smallest absolute Gasteiger partial charge is 0.135 e. The maximum absolute atomic E-state index is 6.24. The van der Waals surface area contributed by atoms with Crippen molar-refractivity contribution in [1.29, 1.82) is 0 Å². The number of thiophene rings is 1. The highest BCUT2D eigenvalue weighted by molar-refractivity contribution is 7.25. The summed E-state index contributed by atoms with van der Waals surface area (Å²) in [5.41, 5.74) is 5.19. The van der Waals surface area contributed by atoms with Crippen LogP contribution in [0.4, 0.5) is 17.1 Å². The highest BCUT2D eigenvalue weighted by atomic mass is 32.1. The van der Waals surface area contributed by atoms with Crippen molar-refractivity contribution in [2.24, 2.45) is 0 Å². The number of para-hydroxylation sites is 1. The molecule has 0 aliphatic heterocycles. The molecule has 0 aliphatic carbocycles. The number of anilines is 3. The summed E-state index contributed by atoms with van der Waals surface area (Å²) in [5, 5.41) is 12.4. The lowest BCUT2D eigenvalue weighted by molar-refractivity contribution is 0.669. The predicted molar refractivity (Wildman–Crippen MR) is 194 cm³/mol. The molecule has 0 bridgehead atoms. The first-order valence-corrected chi connectivity index (χ1v) is 16.1. The molecule has 45 heavy (non-hydrogen) atoms. The topological polar surface area (TPSA) is 16.4 Å². The van der Waals surface area contributed by atoms with Crippen molar-refractivity contribution in [2.75, 3.05) is 4.90 Å². The largest absolute Gasteiger partial charge is 0.456 e. The Morgan fingerprint density at radius 2 is 1.04 bits per heavy atom. The second-order valence-electron chi connectivity index (χ2n) is 11.7. The average Bonchev–Trinajstić information content (AvgIpc) is 3.66. The summed E-state index contributed by atoms with van der Waals surface area (Å²) in [6.07, 6.45) is 0. The molecule has 210 valence electrons. The van der Waals surface area contributed by atoms with E-state index in [-0.39, 0.29) is 0 Å². The van der Waals surface area contributed by atoms with Crippen LogP contribution in [0.2, 0.25) is 0 Å². The van der Waals surface area contributed by atoms with Gasteiger partial charge in [0.25, 0.3) is 0 Å². The molecule has 0 spiro atoms. The van der Waals surface area contributed by atoms with Gasteiger partial charge in [0.2, 0.25) is 0 Å². The summed E-state index contributed by atoms with van der Waals surface area (Å²) in [6, 6.07) is 55.0. The first-order valence-electron chi connectivity index (χ1n) is 15.3. The average molecular weight is 592 g/mol. The van der Waals surface area contributed by atoms with Crippen LogP contribution in [0.1, 0.15) is 0 Å². The number of nitrogens with zero attached hydrogens (tertiary/aromatic N) is 1. The van der Waals surface area contributed by atoms with Crippen LogP contribution in [0.3, 0.4) is 0 Å². The molecule has 0 saturated carbocycles. The van der Waals surface area contributed by atoms with Gasteiger partial charge in [0.15, 0.2) is 0 Å². The van der Waals surface area contributed by atoms with Crippen LogP contribution in [0, 0.1) is 0 Å². The molecule has 2 aromatic heterocycles. The Bertz CT molecular complexity index is 2790. The monoisotopic (exact) mass is 591 g/mol. The molecule has 0 N–H and O–H groups in total. The number of fused-ring (bicyclic) bond motifs is 11. The Morgan fingerprint density at radius 1 is 0.400 bits per heavy atom. The zero-order valence-electron chi connectivity index (χ0n) is 24.2. The van der Waals surface area contributed by atoms with Crippen molar-refractivity contribution in [3.8, 4) is 0 Å². The SMILES string of the molecule is c1ccc2c(c1)ccc1cc(N(c3ccc4c(c3)sc3ccccc34)c3ccc4oc5ccccc5c4c3)c3ccccc3c12. The third-order valence-electron chi connectivity index (χ3n) is 9.21. The van der Waals surface area contributed by atoms with Crippen LogP contribution in [0.5, 0.6) is 0 Å². The summed E-state index contributed by atoms with van der Waals surface area (Å²) in [7, 11) is 0. The van der Waals surface area contributed by atoms with Gasteiger partial charge in [-0.2, -0.15) is 0 Å². The molecule has 0 radical (unpaired) electrons. The summed E-state index contributed by atoms with van der Waals surface area (Å²) in [5.74, 6) is 0. The highest BCUT2D eigenvalue weighted by Gasteiger charge is 2.20.